The molecular formula is C16H27NO8. The van der Waals surface area contributed by atoms with Gasteiger partial charge in [-0.1, -0.05) is 0 Å². The molecule has 0 spiro atoms. The maximum Gasteiger partial charge on any atom is 0.408 e. The average Bonchev–Trinajstić information content (AvgIpc) is 2.43. The molecule has 9 heteroatoms. The second-order valence-corrected chi connectivity index (χ2v) is 6.72. The van der Waals surface area contributed by atoms with Gasteiger partial charge in [-0.3, -0.25) is 9.59 Å². The summed E-state index contributed by atoms with van der Waals surface area (Å²) in [6, 6.07) is -0.599. The molecule has 9 nitrogen and oxygen atoms in total. The molecule has 0 bridgehead atoms. The monoisotopic (exact) mass is 361 g/mol. The van der Waals surface area contributed by atoms with Gasteiger partial charge in [-0.05, 0) is 20.8 Å². The molecular weight excluding hydrogens is 334 g/mol. The molecule has 0 aromatic rings. The van der Waals surface area contributed by atoms with E-state index >= 15 is 0 Å². The Bertz CT molecular complexity index is 487. The molecule has 0 aromatic carbocycles. The van der Waals surface area contributed by atoms with Crippen molar-refractivity contribution in [2.75, 3.05) is 13.7 Å². The minimum atomic E-state index is -0.806. The summed E-state index contributed by atoms with van der Waals surface area (Å²) in [5.74, 6) is -0.985. The fourth-order valence-electron chi connectivity index (χ4n) is 2.36. The van der Waals surface area contributed by atoms with Crippen LogP contribution in [0.1, 0.15) is 41.0 Å². The number of ether oxygens (including phenoxy) is 5. The minimum Gasteiger partial charge on any atom is -0.463 e. The van der Waals surface area contributed by atoms with Crippen molar-refractivity contribution in [1.29, 1.82) is 0 Å². The Hall–Kier alpha value is -1.87. The number of carbonyl (C=O) groups excluding carboxylic acids is 3. The van der Waals surface area contributed by atoms with Gasteiger partial charge in [-0.25, -0.2) is 4.79 Å². The zero-order chi connectivity index (χ0) is 19.2. The summed E-state index contributed by atoms with van der Waals surface area (Å²) in [4.78, 5) is 34.3. The maximum absolute atomic E-state index is 12.0. The van der Waals surface area contributed by atoms with E-state index in [0.717, 1.165) is 0 Å². The van der Waals surface area contributed by atoms with E-state index in [2.05, 4.69) is 5.32 Å². The Labute approximate surface area is 147 Å². The van der Waals surface area contributed by atoms with Crippen molar-refractivity contribution in [3.8, 4) is 0 Å². The Morgan fingerprint density at radius 3 is 2.28 bits per heavy atom. The van der Waals surface area contributed by atoms with Gasteiger partial charge in [0.15, 0.2) is 6.29 Å². The van der Waals surface area contributed by atoms with Gasteiger partial charge in [-0.2, -0.15) is 0 Å². The molecule has 1 rings (SSSR count). The summed E-state index contributed by atoms with van der Waals surface area (Å²) in [5, 5.41) is 2.65. The van der Waals surface area contributed by atoms with Crippen LogP contribution >= 0.6 is 0 Å². The first-order valence-corrected chi connectivity index (χ1v) is 8.00. The van der Waals surface area contributed by atoms with Gasteiger partial charge >= 0.3 is 18.0 Å². The van der Waals surface area contributed by atoms with E-state index in [1.807, 2.05) is 0 Å². The largest absolute Gasteiger partial charge is 0.463 e. The average molecular weight is 361 g/mol. The van der Waals surface area contributed by atoms with Crippen molar-refractivity contribution in [2.24, 2.45) is 0 Å². The van der Waals surface area contributed by atoms with Gasteiger partial charge in [0.2, 0.25) is 0 Å². The lowest BCUT2D eigenvalue weighted by Gasteiger charge is -2.40. The minimum absolute atomic E-state index is 0.0910. The van der Waals surface area contributed by atoms with Crippen LogP contribution in [0.3, 0.4) is 0 Å². The van der Waals surface area contributed by atoms with E-state index in [4.69, 9.17) is 23.7 Å². The molecule has 0 aliphatic carbocycles. The highest BCUT2D eigenvalue weighted by Gasteiger charge is 2.41. The molecule has 1 aliphatic heterocycles. The van der Waals surface area contributed by atoms with E-state index in [-0.39, 0.29) is 13.0 Å². The van der Waals surface area contributed by atoms with Gasteiger partial charge in [0, 0.05) is 27.4 Å². The highest BCUT2D eigenvalue weighted by Crippen LogP contribution is 2.24. The number of nitrogens with one attached hydrogen (secondary N) is 1. The lowest BCUT2D eigenvalue weighted by atomic mass is 10.0. The van der Waals surface area contributed by atoms with E-state index < -0.39 is 48.2 Å². The Kier molecular flexibility index (Phi) is 7.62. The molecule has 4 atom stereocenters. The second-order valence-electron chi connectivity index (χ2n) is 6.72. The molecule has 144 valence electrons. The van der Waals surface area contributed by atoms with Crippen molar-refractivity contribution in [1.82, 2.24) is 5.32 Å². The zero-order valence-electron chi connectivity index (χ0n) is 15.5. The normalized spacial score (nSPS) is 26.5. The number of esters is 2. The Morgan fingerprint density at radius 2 is 1.80 bits per heavy atom. The van der Waals surface area contributed by atoms with E-state index in [0.29, 0.717) is 0 Å². The van der Waals surface area contributed by atoms with Crippen LogP contribution in [0.2, 0.25) is 0 Å². The number of hydrogen-bond acceptors (Lipinski definition) is 8. The number of alkyl carbamates (subject to hydrolysis) is 1. The van der Waals surface area contributed by atoms with Crippen LogP contribution in [0.25, 0.3) is 0 Å². The number of rotatable bonds is 5. The van der Waals surface area contributed by atoms with Crippen molar-refractivity contribution >= 4 is 18.0 Å². The fraction of sp³-hybridized carbons (Fsp3) is 0.812. The molecule has 0 radical (unpaired) electrons. The van der Waals surface area contributed by atoms with Gasteiger partial charge in [0.25, 0.3) is 0 Å². The Morgan fingerprint density at radius 1 is 1.16 bits per heavy atom. The summed E-state index contributed by atoms with van der Waals surface area (Å²) in [7, 11) is 1.42. The zero-order valence-corrected chi connectivity index (χ0v) is 15.5. The third-order valence-electron chi connectivity index (χ3n) is 3.24. The lowest BCUT2D eigenvalue weighted by Crippen LogP contribution is -2.57. The summed E-state index contributed by atoms with van der Waals surface area (Å²) in [6.07, 6.45) is -2.62. The van der Waals surface area contributed by atoms with Gasteiger partial charge in [0.1, 0.15) is 24.4 Å². The molecule has 1 amide bonds. The standard InChI is InChI=1S/C16H27NO8/c1-9(18)22-8-13-12(23-10(2)19)7-11(14(21-6)24-13)17-15(20)25-16(3,4)5/h11-14H,7-8H2,1-6H3,(H,17,20)/t11-,12-,13+,14?/m0/s1. The molecule has 1 heterocycles. The van der Waals surface area contributed by atoms with Crippen LogP contribution in [-0.2, 0) is 33.3 Å². The summed E-state index contributed by atoms with van der Waals surface area (Å²) >= 11 is 0. The quantitative estimate of drug-likeness (QED) is 0.573. The lowest BCUT2D eigenvalue weighted by molar-refractivity contribution is -0.239. The van der Waals surface area contributed by atoms with Crippen molar-refractivity contribution in [3.63, 3.8) is 0 Å². The first-order chi connectivity index (χ1) is 11.5. The topological polar surface area (TPSA) is 109 Å². The van der Waals surface area contributed by atoms with Gasteiger partial charge < -0.3 is 29.0 Å². The molecule has 1 aliphatic rings. The van der Waals surface area contributed by atoms with Crippen molar-refractivity contribution in [3.05, 3.63) is 0 Å². The van der Waals surface area contributed by atoms with Crippen LogP contribution < -0.4 is 5.32 Å². The molecule has 0 saturated carbocycles. The smallest absolute Gasteiger partial charge is 0.408 e. The summed E-state index contributed by atoms with van der Waals surface area (Å²) in [5.41, 5.74) is -0.657. The highest BCUT2D eigenvalue weighted by atomic mass is 16.7. The van der Waals surface area contributed by atoms with Gasteiger partial charge in [-0.15, -0.1) is 0 Å². The Balaban J connectivity index is 2.80. The number of carbonyl (C=O) groups is 3. The first-order valence-electron chi connectivity index (χ1n) is 8.00. The first kappa shape index (κ1) is 21.2. The van der Waals surface area contributed by atoms with Crippen LogP contribution in [0.5, 0.6) is 0 Å². The number of amides is 1. The number of methoxy groups -OCH3 is 1. The van der Waals surface area contributed by atoms with Crippen LogP contribution in [-0.4, -0.2) is 61.9 Å². The molecule has 1 N–H and O–H groups in total. The third kappa shape index (κ3) is 7.70. The number of hydrogen-bond donors (Lipinski definition) is 1. The molecule has 25 heavy (non-hydrogen) atoms. The van der Waals surface area contributed by atoms with Crippen molar-refractivity contribution in [2.45, 2.75) is 71.2 Å². The van der Waals surface area contributed by atoms with Crippen LogP contribution in [0.15, 0.2) is 0 Å². The van der Waals surface area contributed by atoms with E-state index in [1.165, 1.54) is 21.0 Å². The van der Waals surface area contributed by atoms with Crippen LogP contribution in [0, 0.1) is 0 Å². The van der Waals surface area contributed by atoms with E-state index in [1.54, 1.807) is 20.8 Å². The fourth-order valence-corrected chi connectivity index (χ4v) is 2.36. The maximum atomic E-state index is 12.0. The molecule has 1 saturated heterocycles. The molecule has 1 fully saturated rings. The SMILES string of the molecule is COC1O[C@H](COC(C)=O)[C@@H](OC(C)=O)C[C@@H]1NC(=O)OC(C)(C)C. The van der Waals surface area contributed by atoms with Crippen LogP contribution in [0.4, 0.5) is 4.79 Å². The predicted octanol–water partition coefficient (Wildman–Crippen LogP) is 1.14. The highest BCUT2D eigenvalue weighted by molar-refractivity contribution is 5.68. The van der Waals surface area contributed by atoms with Crippen molar-refractivity contribution < 1.29 is 38.1 Å². The molecule has 1 unspecified atom stereocenters. The summed E-state index contributed by atoms with van der Waals surface area (Å²) < 4.78 is 26.3. The van der Waals surface area contributed by atoms with E-state index in [9.17, 15) is 14.4 Å². The second kappa shape index (κ2) is 9.00. The van der Waals surface area contributed by atoms with Gasteiger partial charge in [0.05, 0.1) is 6.04 Å². The third-order valence-corrected chi connectivity index (χ3v) is 3.24. The summed E-state index contributed by atoms with van der Waals surface area (Å²) in [6.45, 7) is 7.68. The molecule has 0 aromatic heterocycles. The predicted molar refractivity (Wildman–Crippen MR) is 85.6 cm³/mol.